The van der Waals surface area contributed by atoms with Crippen LogP contribution in [0.2, 0.25) is 0 Å². The molecule has 1 atom stereocenters. The van der Waals surface area contributed by atoms with Gasteiger partial charge in [-0.1, -0.05) is 19.0 Å². The van der Waals surface area contributed by atoms with Gasteiger partial charge in [0.05, 0.1) is 0 Å². The Kier molecular flexibility index (Phi) is 2.54. The number of aromatic nitrogens is 2. The minimum absolute atomic E-state index is 0.01000. The first kappa shape index (κ1) is 9.65. The van der Waals surface area contributed by atoms with Gasteiger partial charge in [-0.3, -0.25) is 0 Å². The van der Waals surface area contributed by atoms with Gasteiger partial charge in [-0.2, -0.15) is 4.98 Å². The highest BCUT2D eigenvalue weighted by Crippen LogP contribution is 2.33. The molecule has 0 spiro atoms. The summed E-state index contributed by atoms with van der Waals surface area (Å²) in [6.45, 7) is 6.54. The van der Waals surface area contributed by atoms with E-state index in [2.05, 4.69) is 29.3 Å². The standard InChI is InChI=1S/C10H17N3O/c1-10(2,9-12-7-13-14-9)8-4-3-5-11-6-8/h7-8,11H,3-6H2,1-2H3. The van der Waals surface area contributed by atoms with Crippen LogP contribution < -0.4 is 5.32 Å². The Morgan fingerprint density at radius 1 is 1.57 bits per heavy atom. The fourth-order valence-corrected chi connectivity index (χ4v) is 2.10. The van der Waals surface area contributed by atoms with Crippen LogP contribution in [0.4, 0.5) is 0 Å². The molecule has 0 saturated carbocycles. The number of nitrogens with zero attached hydrogens (tertiary/aromatic N) is 2. The van der Waals surface area contributed by atoms with Gasteiger partial charge in [0.25, 0.3) is 0 Å². The summed E-state index contributed by atoms with van der Waals surface area (Å²) < 4.78 is 5.16. The van der Waals surface area contributed by atoms with E-state index in [0.29, 0.717) is 5.92 Å². The van der Waals surface area contributed by atoms with E-state index in [1.54, 1.807) is 0 Å². The smallest absolute Gasteiger partial charge is 0.232 e. The third-order valence-corrected chi connectivity index (χ3v) is 3.23. The normalized spacial score (nSPS) is 23.7. The van der Waals surface area contributed by atoms with Gasteiger partial charge in [0.1, 0.15) is 0 Å². The second-order valence-corrected chi connectivity index (χ2v) is 4.51. The molecule has 1 aliphatic heterocycles. The maximum Gasteiger partial charge on any atom is 0.232 e. The molecule has 4 heteroatoms. The zero-order valence-electron chi connectivity index (χ0n) is 8.79. The Labute approximate surface area is 84.1 Å². The van der Waals surface area contributed by atoms with E-state index < -0.39 is 0 Å². The van der Waals surface area contributed by atoms with Gasteiger partial charge in [-0.05, 0) is 31.8 Å². The van der Waals surface area contributed by atoms with E-state index in [9.17, 15) is 0 Å². The van der Waals surface area contributed by atoms with Crippen LogP contribution in [0.25, 0.3) is 0 Å². The van der Waals surface area contributed by atoms with Gasteiger partial charge in [0.15, 0.2) is 6.33 Å². The first-order valence-electron chi connectivity index (χ1n) is 5.19. The molecule has 14 heavy (non-hydrogen) atoms. The second-order valence-electron chi connectivity index (χ2n) is 4.51. The fraction of sp³-hybridized carbons (Fsp3) is 0.800. The first-order valence-corrected chi connectivity index (χ1v) is 5.19. The van der Waals surface area contributed by atoms with Crippen molar-refractivity contribution < 1.29 is 4.52 Å². The minimum atomic E-state index is -0.01000. The van der Waals surface area contributed by atoms with Crippen LogP contribution in [-0.4, -0.2) is 23.2 Å². The number of nitrogens with one attached hydrogen (secondary N) is 1. The largest absolute Gasteiger partial charge is 0.339 e. The lowest BCUT2D eigenvalue weighted by molar-refractivity contribution is 0.196. The molecule has 1 unspecified atom stereocenters. The molecule has 1 fully saturated rings. The SMILES string of the molecule is CC(C)(c1ncno1)C1CCCNC1. The highest BCUT2D eigenvalue weighted by Gasteiger charge is 2.36. The van der Waals surface area contributed by atoms with E-state index >= 15 is 0 Å². The van der Waals surface area contributed by atoms with Gasteiger partial charge in [-0.25, -0.2) is 0 Å². The van der Waals surface area contributed by atoms with E-state index in [-0.39, 0.29) is 5.41 Å². The highest BCUT2D eigenvalue weighted by atomic mass is 16.5. The molecule has 0 bridgehead atoms. The Hall–Kier alpha value is -0.900. The van der Waals surface area contributed by atoms with Crippen molar-refractivity contribution in [2.45, 2.75) is 32.1 Å². The van der Waals surface area contributed by atoms with Crippen LogP contribution in [0.3, 0.4) is 0 Å². The zero-order chi connectivity index (χ0) is 10.0. The van der Waals surface area contributed by atoms with Crippen molar-refractivity contribution in [2.24, 2.45) is 5.92 Å². The van der Waals surface area contributed by atoms with E-state index in [1.165, 1.54) is 19.2 Å². The van der Waals surface area contributed by atoms with Gasteiger partial charge in [0, 0.05) is 5.41 Å². The summed E-state index contributed by atoms with van der Waals surface area (Å²) in [4.78, 5) is 4.16. The van der Waals surface area contributed by atoms with Crippen LogP contribution in [0.1, 0.15) is 32.6 Å². The molecule has 78 valence electrons. The van der Waals surface area contributed by atoms with Crippen LogP contribution in [0.5, 0.6) is 0 Å². The quantitative estimate of drug-likeness (QED) is 0.774. The molecule has 4 nitrogen and oxygen atoms in total. The summed E-state index contributed by atoms with van der Waals surface area (Å²) in [7, 11) is 0. The maximum atomic E-state index is 5.16. The monoisotopic (exact) mass is 195 g/mol. The van der Waals surface area contributed by atoms with Crippen LogP contribution in [0.15, 0.2) is 10.9 Å². The van der Waals surface area contributed by atoms with Crippen LogP contribution >= 0.6 is 0 Å². The van der Waals surface area contributed by atoms with Gasteiger partial charge in [-0.15, -0.1) is 0 Å². The van der Waals surface area contributed by atoms with Crippen LogP contribution in [0, 0.1) is 5.92 Å². The predicted octanol–water partition coefficient (Wildman–Crippen LogP) is 1.35. The summed E-state index contributed by atoms with van der Waals surface area (Å²) in [5.41, 5.74) is -0.01000. The molecule has 0 radical (unpaired) electrons. The molecular formula is C10H17N3O. The molecule has 0 aromatic carbocycles. The van der Waals surface area contributed by atoms with Crippen molar-refractivity contribution in [1.29, 1.82) is 0 Å². The van der Waals surface area contributed by atoms with Crippen molar-refractivity contribution in [2.75, 3.05) is 13.1 Å². The number of piperidine rings is 1. The summed E-state index contributed by atoms with van der Waals surface area (Å²) >= 11 is 0. The second kappa shape index (κ2) is 3.69. The molecule has 1 aromatic rings. The molecule has 1 saturated heterocycles. The van der Waals surface area contributed by atoms with Crippen LogP contribution in [-0.2, 0) is 5.41 Å². The van der Waals surface area contributed by atoms with Crippen molar-refractivity contribution in [3.8, 4) is 0 Å². The Balaban J connectivity index is 2.14. The summed E-state index contributed by atoms with van der Waals surface area (Å²) in [6.07, 6.45) is 3.96. The van der Waals surface area contributed by atoms with Crippen molar-refractivity contribution in [3.63, 3.8) is 0 Å². The predicted molar refractivity (Wildman–Crippen MR) is 52.9 cm³/mol. The molecule has 0 aliphatic carbocycles. The molecule has 1 N–H and O–H groups in total. The molecule has 2 rings (SSSR count). The lowest BCUT2D eigenvalue weighted by Gasteiger charge is -2.34. The minimum Gasteiger partial charge on any atom is -0.339 e. The highest BCUT2D eigenvalue weighted by molar-refractivity contribution is 5.03. The summed E-state index contributed by atoms with van der Waals surface area (Å²) in [5, 5.41) is 7.09. The van der Waals surface area contributed by atoms with Crippen molar-refractivity contribution in [3.05, 3.63) is 12.2 Å². The fourth-order valence-electron chi connectivity index (χ4n) is 2.10. The summed E-state index contributed by atoms with van der Waals surface area (Å²) in [5.74, 6) is 1.35. The first-order chi connectivity index (χ1) is 6.71. The maximum absolute atomic E-state index is 5.16. The molecule has 2 heterocycles. The third-order valence-electron chi connectivity index (χ3n) is 3.23. The molecule has 0 amide bonds. The van der Waals surface area contributed by atoms with Crippen molar-refractivity contribution in [1.82, 2.24) is 15.5 Å². The molecule has 1 aromatic heterocycles. The topological polar surface area (TPSA) is 51.0 Å². The zero-order valence-corrected chi connectivity index (χ0v) is 8.79. The lowest BCUT2D eigenvalue weighted by atomic mass is 9.75. The van der Waals surface area contributed by atoms with E-state index in [1.807, 2.05) is 0 Å². The van der Waals surface area contributed by atoms with E-state index in [0.717, 1.165) is 19.0 Å². The number of hydrogen-bond acceptors (Lipinski definition) is 4. The van der Waals surface area contributed by atoms with E-state index in [4.69, 9.17) is 4.52 Å². The average molecular weight is 195 g/mol. The number of hydrogen-bond donors (Lipinski definition) is 1. The van der Waals surface area contributed by atoms with Gasteiger partial charge >= 0.3 is 0 Å². The lowest BCUT2D eigenvalue weighted by Crippen LogP contribution is -2.40. The van der Waals surface area contributed by atoms with Gasteiger partial charge < -0.3 is 9.84 Å². The summed E-state index contributed by atoms with van der Waals surface area (Å²) in [6, 6.07) is 0. The molecule has 1 aliphatic rings. The Morgan fingerprint density at radius 3 is 3.00 bits per heavy atom. The molecular weight excluding hydrogens is 178 g/mol. The Bertz CT molecular complexity index is 276. The van der Waals surface area contributed by atoms with Crippen molar-refractivity contribution >= 4 is 0 Å². The average Bonchev–Trinajstić information content (AvgIpc) is 2.72. The van der Waals surface area contributed by atoms with Gasteiger partial charge in [0.2, 0.25) is 5.89 Å². The Morgan fingerprint density at radius 2 is 2.43 bits per heavy atom. The number of rotatable bonds is 2. The third kappa shape index (κ3) is 1.66.